The van der Waals surface area contributed by atoms with Crippen LogP contribution >= 0.6 is 22.9 Å². The average Bonchev–Trinajstić information content (AvgIpc) is 2.86. The zero-order valence-corrected chi connectivity index (χ0v) is 11.1. The van der Waals surface area contributed by atoms with Crippen LogP contribution < -0.4 is 16.4 Å². The topological polar surface area (TPSA) is 97.1 Å². The van der Waals surface area contributed by atoms with E-state index < -0.39 is 11.8 Å². The van der Waals surface area contributed by atoms with Crippen LogP contribution in [0.3, 0.4) is 0 Å². The molecule has 0 saturated heterocycles. The van der Waals surface area contributed by atoms with Gasteiger partial charge in [0.1, 0.15) is 0 Å². The Bertz CT molecular complexity index is 615. The number of anilines is 3. The maximum Gasteiger partial charge on any atom is 0.315 e. The summed E-state index contributed by atoms with van der Waals surface area (Å²) in [6, 6.07) is 4.55. The number of aromatic nitrogens is 1. The number of nitrogens with zero attached hydrogens (tertiary/aromatic N) is 1. The molecule has 1 heterocycles. The lowest BCUT2D eigenvalue weighted by Crippen LogP contribution is -2.29. The van der Waals surface area contributed by atoms with Crippen LogP contribution in [0.25, 0.3) is 0 Å². The van der Waals surface area contributed by atoms with E-state index in [1.807, 2.05) is 0 Å². The van der Waals surface area contributed by atoms with Gasteiger partial charge < -0.3 is 11.1 Å². The fourth-order valence-corrected chi connectivity index (χ4v) is 1.94. The average molecular weight is 297 g/mol. The zero-order chi connectivity index (χ0) is 13.8. The number of carbonyl (C=O) groups excluding carboxylic acids is 2. The van der Waals surface area contributed by atoms with Crippen molar-refractivity contribution in [2.75, 3.05) is 16.4 Å². The Kier molecular flexibility index (Phi) is 3.98. The summed E-state index contributed by atoms with van der Waals surface area (Å²) < 4.78 is 0. The third-order valence-corrected chi connectivity index (χ3v) is 3.13. The first-order valence-corrected chi connectivity index (χ1v) is 6.39. The molecule has 0 aliphatic carbocycles. The highest BCUT2D eigenvalue weighted by Crippen LogP contribution is 2.22. The Balaban J connectivity index is 2.00. The van der Waals surface area contributed by atoms with Gasteiger partial charge in [0.2, 0.25) is 0 Å². The molecule has 1 aromatic carbocycles. The number of nitrogens with two attached hydrogens (primary N) is 1. The van der Waals surface area contributed by atoms with Gasteiger partial charge in [-0.25, -0.2) is 4.98 Å². The Morgan fingerprint density at radius 1 is 1.26 bits per heavy atom. The van der Waals surface area contributed by atoms with Gasteiger partial charge >= 0.3 is 11.8 Å². The number of benzene rings is 1. The van der Waals surface area contributed by atoms with E-state index in [9.17, 15) is 9.59 Å². The van der Waals surface area contributed by atoms with Crippen molar-refractivity contribution < 1.29 is 9.59 Å². The molecule has 4 N–H and O–H groups in total. The molecule has 0 atom stereocenters. The second kappa shape index (κ2) is 5.68. The molecule has 2 aromatic rings. The Morgan fingerprint density at radius 2 is 2.00 bits per heavy atom. The van der Waals surface area contributed by atoms with Crippen molar-refractivity contribution in [1.82, 2.24) is 4.98 Å². The lowest BCUT2D eigenvalue weighted by Gasteiger charge is -2.06. The van der Waals surface area contributed by atoms with Crippen molar-refractivity contribution in [2.24, 2.45) is 0 Å². The smallest absolute Gasteiger partial charge is 0.315 e. The molecule has 98 valence electrons. The van der Waals surface area contributed by atoms with Gasteiger partial charge in [-0.2, -0.15) is 0 Å². The van der Waals surface area contributed by atoms with Crippen molar-refractivity contribution in [3.05, 3.63) is 34.8 Å². The van der Waals surface area contributed by atoms with E-state index >= 15 is 0 Å². The first kappa shape index (κ1) is 13.3. The third kappa shape index (κ3) is 3.43. The first-order chi connectivity index (χ1) is 9.06. The maximum absolute atomic E-state index is 11.6. The van der Waals surface area contributed by atoms with E-state index in [0.717, 1.165) is 0 Å². The number of thiazole rings is 1. The molecule has 0 radical (unpaired) electrons. The maximum atomic E-state index is 11.6. The summed E-state index contributed by atoms with van der Waals surface area (Å²) in [5.41, 5.74) is 6.32. The lowest BCUT2D eigenvalue weighted by atomic mass is 10.3. The highest BCUT2D eigenvalue weighted by atomic mass is 35.5. The van der Waals surface area contributed by atoms with Crippen LogP contribution in [0.5, 0.6) is 0 Å². The predicted molar refractivity (Wildman–Crippen MR) is 75.2 cm³/mol. The highest BCUT2D eigenvalue weighted by molar-refractivity contribution is 7.13. The van der Waals surface area contributed by atoms with Crippen LogP contribution in [0.1, 0.15) is 0 Å². The minimum atomic E-state index is -0.809. The fraction of sp³-hybridized carbons (Fsp3) is 0. The summed E-state index contributed by atoms with van der Waals surface area (Å²) in [6.45, 7) is 0. The van der Waals surface area contributed by atoms with Gasteiger partial charge in [-0.05, 0) is 18.2 Å². The van der Waals surface area contributed by atoms with Gasteiger partial charge in [0.05, 0.1) is 10.7 Å². The van der Waals surface area contributed by atoms with Gasteiger partial charge in [-0.15, -0.1) is 11.3 Å². The number of nitrogen functional groups attached to an aromatic ring is 1. The summed E-state index contributed by atoms with van der Waals surface area (Å²) in [4.78, 5) is 27.0. The largest absolute Gasteiger partial charge is 0.398 e. The van der Waals surface area contributed by atoms with Crippen molar-refractivity contribution >= 4 is 51.3 Å². The van der Waals surface area contributed by atoms with Gasteiger partial charge in [-0.3, -0.25) is 14.9 Å². The molecule has 0 bridgehead atoms. The Labute approximate surface area is 117 Å². The standard InChI is InChI=1S/C11H9ClN4O2S/c12-7-5-6(1-2-8(7)13)15-9(17)10(18)16-11-14-3-4-19-11/h1-5H,13H2,(H,15,17)(H,14,16,18). The molecule has 0 spiro atoms. The molecule has 8 heteroatoms. The molecule has 0 unspecified atom stereocenters. The summed E-state index contributed by atoms with van der Waals surface area (Å²) >= 11 is 7.03. The Morgan fingerprint density at radius 3 is 2.63 bits per heavy atom. The summed E-state index contributed by atoms with van der Waals surface area (Å²) in [7, 11) is 0. The molecule has 0 aliphatic rings. The van der Waals surface area contributed by atoms with Crippen LogP contribution in [0.4, 0.5) is 16.5 Å². The van der Waals surface area contributed by atoms with E-state index in [4.69, 9.17) is 17.3 Å². The molecule has 1 aromatic heterocycles. The minimum absolute atomic E-state index is 0.304. The first-order valence-electron chi connectivity index (χ1n) is 5.13. The quantitative estimate of drug-likeness (QED) is 0.583. The van der Waals surface area contributed by atoms with Gasteiger partial charge in [0.15, 0.2) is 5.13 Å². The van der Waals surface area contributed by atoms with Crippen molar-refractivity contribution in [3.8, 4) is 0 Å². The number of nitrogens with one attached hydrogen (secondary N) is 2. The summed E-state index contributed by atoms with van der Waals surface area (Å²) in [5, 5.41) is 7.12. The van der Waals surface area contributed by atoms with E-state index in [1.54, 1.807) is 11.4 Å². The normalized spacial score (nSPS) is 9.95. The van der Waals surface area contributed by atoms with E-state index in [1.165, 1.54) is 29.7 Å². The van der Waals surface area contributed by atoms with Crippen LogP contribution in [0, 0.1) is 0 Å². The molecule has 19 heavy (non-hydrogen) atoms. The number of rotatable bonds is 2. The fourth-order valence-electron chi connectivity index (χ4n) is 1.23. The number of hydrogen-bond acceptors (Lipinski definition) is 5. The number of halogens is 1. The van der Waals surface area contributed by atoms with Crippen molar-refractivity contribution in [1.29, 1.82) is 0 Å². The molecular weight excluding hydrogens is 288 g/mol. The van der Waals surface area contributed by atoms with Crippen LogP contribution in [-0.4, -0.2) is 16.8 Å². The molecular formula is C11H9ClN4O2S. The number of carbonyl (C=O) groups is 2. The van der Waals surface area contributed by atoms with Crippen molar-refractivity contribution in [3.63, 3.8) is 0 Å². The van der Waals surface area contributed by atoms with Gasteiger partial charge in [0.25, 0.3) is 0 Å². The summed E-state index contributed by atoms with van der Waals surface area (Å²) in [5.74, 6) is -1.61. The van der Waals surface area contributed by atoms with E-state index in [-0.39, 0.29) is 0 Å². The second-order valence-electron chi connectivity index (χ2n) is 3.48. The predicted octanol–water partition coefficient (Wildman–Crippen LogP) is 1.96. The van der Waals surface area contributed by atoms with Gasteiger partial charge in [-0.1, -0.05) is 11.6 Å². The SMILES string of the molecule is Nc1ccc(NC(=O)C(=O)Nc2nccs2)cc1Cl. The van der Waals surface area contributed by atoms with Crippen LogP contribution in [0.15, 0.2) is 29.8 Å². The number of amides is 2. The van der Waals surface area contributed by atoms with E-state index in [0.29, 0.717) is 21.5 Å². The summed E-state index contributed by atoms with van der Waals surface area (Å²) in [6.07, 6.45) is 1.53. The molecule has 2 rings (SSSR count). The van der Waals surface area contributed by atoms with Crippen LogP contribution in [-0.2, 0) is 9.59 Å². The molecule has 0 saturated carbocycles. The molecule has 0 fully saturated rings. The monoisotopic (exact) mass is 296 g/mol. The molecule has 2 amide bonds. The zero-order valence-electron chi connectivity index (χ0n) is 9.51. The minimum Gasteiger partial charge on any atom is -0.398 e. The lowest BCUT2D eigenvalue weighted by molar-refractivity contribution is -0.132. The van der Waals surface area contributed by atoms with Crippen molar-refractivity contribution in [2.45, 2.75) is 0 Å². The number of hydrogen-bond donors (Lipinski definition) is 3. The van der Waals surface area contributed by atoms with Gasteiger partial charge in [0, 0.05) is 17.3 Å². The van der Waals surface area contributed by atoms with E-state index in [2.05, 4.69) is 15.6 Å². The Hall–Kier alpha value is -2.12. The van der Waals surface area contributed by atoms with Crippen LogP contribution in [0.2, 0.25) is 5.02 Å². The second-order valence-corrected chi connectivity index (χ2v) is 4.78. The molecule has 6 nitrogen and oxygen atoms in total. The highest BCUT2D eigenvalue weighted by Gasteiger charge is 2.15. The molecule has 0 aliphatic heterocycles. The third-order valence-electron chi connectivity index (χ3n) is 2.12.